The molecular weight excluding hydrogens is 457 g/mol. The number of benzene rings is 2. The van der Waals surface area contributed by atoms with E-state index in [0.717, 1.165) is 11.1 Å². The summed E-state index contributed by atoms with van der Waals surface area (Å²) in [6.07, 6.45) is 2.34. The number of hydrogen-bond donors (Lipinski definition) is 3. The summed E-state index contributed by atoms with van der Waals surface area (Å²) in [5.41, 5.74) is 2.95. The van der Waals surface area contributed by atoms with E-state index in [1.807, 2.05) is 12.1 Å². The molecule has 3 N–H and O–H groups in total. The number of aromatic nitrogens is 1. The van der Waals surface area contributed by atoms with E-state index >= 15 is 0 Å². The largest absolute Gasteiger partial charge is 0.394 e. The first-order valence-corrected chi connectivity index (χ1v) is 11.1. The van der Waals surface area contributed by atoms with Gasteiger partial charge in [-0.25, -0.2) is 4.39 Å². The second kappa shape index (κ2) is 10.7. The van der Waals surface area contributed by atoms with E-state index in [-0.39, 0.29) is 17.5 Å². The van der Waals surface area contributed by atoms with Crippen LogP contribution in [0, 0.1) is 5.82 Å². The molecule has 1 aliphatic heterocycles. The van der Waals surface area contributed by atoms with Crippen LogP contribution in [0.5, 0.6) is 0 Å². The molecule has 1 amide bonds. The fourth-order valence-corrected chi connectivity index (χ4v) is 3.92. The van der Waals surface area contributed by atoms with Gasteiger partial charge in [0.25, 0.3) is 5.91 Å². The fourth-order valence-electron chi connectivity index (χ4n) is 3.79. The molecule has 2 aromatic carbocycles. The Morgan fingerprint density at radius 2 is 1.91 bits per heavy atom. The van der Waals surface area contributed by atoms with Crippen LogP contribution in [-0.2, 0) is 6.42 Å². The van der Waals surface area contributed by atoms with Gasteiger partial charge in [-0.15, -0.1) is 0 Å². The van der Waals surface area contributed by atoms with Gasteiger partial charge in [-0.05, 0) is 53.6 Å². The third-order valence-electron chi connectivity index (χ3n) is 5.58. The fraction of sp³-hybridized carbons (Fsp3) is 0.192. The second-order valence-corrected chi connectivity index (χ2v) is 8.33. The molecule has 1 aromatic heterocycles. The van der Waals surface area contributed by atoms with Crippen LogP contribution in [0.3, 0.4) is 0 Å². The highest BCUT2D eigenvalue weighted by atomic mass is 35.5. The second-order valence-electron chi connectivity index (χ2n) is 7.90. The summed E-state index contributed by atoms with van der Waals surface area (Å²) >= 11 is 5.97. The first kappa shape index (κ1) is 23.8. The Morgan fingerprint density at radius 1 is 1.12 bits per heavy atom. The predicted octanol–water partition coefficient (Wildman–Crippen LogP) is 3.45. The topological polar surface area (TPSA) is 94.8 Å². The van der Waals surface area contributed by atoms with Crippen molar-refractivity contribution in [2.75, 3.05) is 13.2 Å². The molecule has 8 heteroatoms. The molecule has 174 valence electrons. The Bertz CT molecular complexity index is 1230. The third kappa shape index (κ3) is 5.39. The van der Waals surface area contributed by atoms with Crippen molar-refractivity contribution >= 4 is 28.8 Å². The van der Waals surface area contributed by atoms with Crippen LogP contribution < -0.4 is 5.32 Å². The summed E-state index contributed by atoms with van der Waals surface area (Å²) in [6, 6.07) is 16.0. The Morgan fingerprint density at radius 3 is 2.62 bits per heavy atom. The minimum absolute atomic E-state index is 0.0824. The highest BCUT2D eigenvalue weighted by molar-refractivity contribution is 6.30. The summed E-state index contributed by atoms with van der Waals surface area (Å²) < 4.78 is 14.9. The molecule has 2 atom stereocenters. The maximum atomic E-state index is 14.9. The van der Waals surface area contributed by atoms with Crippen molar-refractivity contribution in [3.63, 3.8) is 0 Å². The number of nitrogens with one attached hydrogen (secondary N) is 1. The smallest absolute Gasteiger partial charge is 0.252 e. The molecule has 3 aromatic rings. The van der Waals surface area contributed by atoms with Gasteiger partial charge in [-0.1, -0.05) is 35.9 Å². The van der Waals surface area contributed by atoms with Gasteiger partial charge in [-0.2, -0.15) is 0 Å². The summed E-state index contributed by atoms with van der Waals surface area (Å²) in [4.78, 5) is 21.9. The first-order chi connectivity index (χ1) is 16.5. The number of nitrogens with zero attached hydrogens (tertiary/aromatic N) is 2. The van der Waals surface area contributed by atoms with Gasteiger partial charge < -0.3 is 15.5 Å². The van der Waals surface area contributed by atoms with Gasteiger partial charge in [0.1, 0.15) is 5.82 Å². The van der Waals surface area contributed by atoms with E-state index in [4.69, 9.17) is 11.6 Å². The van der Waals surface area contributed by atoms with Crippen molar-refractivity contribution in [2.24, 2.45) is 4.99 Å². The molecule has 0 saturated heterocycles. The number of carbonyl (C=O) groups is 1. The highest BCUT2D eigenvalue weighted by Crippen LogP contribution is 2.26. The number of rotatable bonds is 8. The monoisotopic (exact) mass is 479 g/mol. The van der Waals surface area contributed by atoms with Crippen molar-refractivity contribution in [1.29, 1.82) is 0 Å². The van der Waals surface area contributed by atoms with E-state index in [1.54, 1.807) is 42.6 Å². The lowest BCUT2D eigenvalue weighted by Crippen LogP contribution is -2.46. The van der Waals surface area contributed by atoms with E-state index in [2.05, 4.69) is 15.3 Å². The van der Waals surface area contributed by atoms with Gasteiger partial charge in [0.05, 0.1) is 36.6 Å². The zero-order valence-corrected chi connectivity index (χ0v) is 18.9. The van der Waals surface area contributed by atoms with E-state index in [1.165, 1.54) is 18.2 Å². The molecule has 0 aliphatic carbocycles. The van der Waals surface area contributed by atoms with Crippen molar-refractivity contribution in [3.8, 4) is 0 Å². The summed E-state index contributed by atoms with van der Waals surface area (Å²) in [7, 11) is 0. The van der Waals surface area contributed by atoms with Crippen molar-refractivity contribution in [2.45, 2.75) is 18.6 Å². The Balaban J connectivity index is 1.60. The zero-order chi connectivity index (χ0) is 24.1. The molecule has 2 heterocycles. The van der Waals surface area contributed by atoms with Gasteiger partial charge in [0, 0.05) is 28.9 Å². The van der Waals surface area contributed by atoms with Crippen molar-refractivity contribution < 1.29 is 19.4 Å². The number of pyridine rings is 1. The van der Waals surface area contributed by atoms with Crippen LogP contribution in [0.2, 0.25) is 5.02 Å². The average molecular weight is 480 g/mol. The molecular formula is C26H23ClFN3O3. The number of amides is 1. The van der Waals surface area contributed by atoms with Gasteiger partial charge in [-0.3, -0.25) is 14.8 Å². The Hall–Kier alpha value is -3.39. The summed E-state index contributed by atoms with van der Waals surface area (Å²) in [6.45, 7) is -0.203. The van der Waals surface area contributed by atoms with E-state index in [9.17, 15) is 19.4 Å². The lowest BCUT2D eigenvalue weighted by Gasteiger charge is -2.23. The predicted molar refractivity (Wildman–Crippen MR) is 130 cm³/mol. The van der Waals surface area contributed by atoms with Gasteiger partial charge in [0.2, 0.25) is 0 Å². The van der Waals surface area contributed by atoms with E-state index in [0.29, 0.717) is 23.0 Å². The number of aliphatic hydroxyl groups is 2. The number of carbonyl (C=O) groups excluding carboxylic acids is 1. The molecule has 1 aliphatic rings. The molecule has 0 radical (unpaired) electrons. The standard InChI is InChI=1S/C26H23ClFN3O3/c27-18-9-7-16(8-10-18)17-12-23(30-14-17)25-20(5-3-6-21(25)28)26(34)31-22(24(33)15-32)13-19-4-1-2-11-29-19/h1-12,22,24,32-33H,13-15H2,(H,31,34)/t22-,24+/m1/s1. The van der Waals surface area contributed by atoms with Crippen LogP contribution >= 0.6 is 11.6 Å². The molecule has 34 heavy (non-hydrogen) atoms. The third-order valence-corrected chi connectivity index (χ3v) is 5.84. The normalized spacial score (nSPS) is 14.8. The number of aliphatic imine (C=N–C) groups is 1. The number of allylic oxidation sites excluding steroid dienone is 1. The lowest BCUT2D eigenvalue weighted by atomic mass is 9.98. The number of halogens is 2. The molecule has 4 rings (SSSR count). The quantitative estimate of drug-likeness (QED) is 0.461. The van der Waals surface area contributed by atoms with Crippen LogP contribution in [-0.4, -0.2) is 52.1 Å². The van der Waals surface area contributed by atoms with Crippen LogP contribution in [0.25, 0.3) is 5.57 Å². The van der Waals surface area contributed by atoms with Gasteiger partial charge >= 0.3 is 0 Å². The zero-order valence-electron chi connectivity index (χ0n) is 18.2. The molecule has 0 bridgehead atoms. The van der Waals surface area contributed by atoms with E-state index < -0.39 is 30.5 Å². The minimum atomic E-state index is -1.22. The van der Waals surface area contributed by atoms with Crippen molar-refractivity contribution in [3.05, 3.63) is 106 Å². The molecule has 0 fully saturated rings. The highest BCUT2D eigenvalue weighted by Gasteiger charge is 2.26. The lowest BCUT2D eigenvalue weighted by molar-refractivity contribution is 0.0565. The van der Waals surface area contributed by atoms with Gasteiger partial charge in [0.15, 0.2) is 0 Å². The average Bonchev–Trinajstić information content (AvgIpc) is 3.33. The Labute approximate surface area is 201 Å². The number of hydrogen-bond acceptors (Lipinski definition) is 5. The van der Waals surface area contributed by atoms with Crippen molar-refractivity contribution in [1.82, 2.24) is 10.3 Å². The summed E-state index contributed by atoms with van der Waals surface area (Å²) in [5.74, 6) is -1.16. The number of aliphatic hydroxyl groups excluding tert-OH is 2. The maximum Gasteiger partial charge on any atom is 0.252 e. The first-order valence-electron chi connectivity index (χ1n) is 10.8. The minimum Gasteiger partial charge on any atom is -0.394 e. The molecule has 0 spiro atoms. The molecule has 6 nitrogen and oxygen atoms in total. The molecule has 0 saturated carbocycles. The summed E-state index contributed by atoms with van der Waals surface area (Å²) in [5, 5.41) is 23.1. The van der Waals surface area contributed by atoms with Crippen LogP contribution in [0.1, 0.15) is 27.2 Å². The van der Waals surface area contributed by atoms with Crippen LogP contribution in [0.4, 0.5) is 4.39 Å². The SMILES string of the molecule is O=C(N[C@H](Cc1ccccn1)[C@@H](O)CO)c1cccc(F)c1C1=NCC(c2ccc(Cl)cc2)=C1. The molecule has 0 unspecified atom stereocenters. The maximum absolute atomic E-state index is 14.9. The van der Waals surface area contributed by atoms with Crippen LogP contribution in [0.15, 0.2) is 77.9 Å². The Kier molecular flexibility index (Phi) is 7.47.